The Morgan fingerprint density at radius 1 is 1.10 bits per heavy atom. The SMILES string of the molecule is CC(C)[C@@H](NC(=O)c1ccc(F)cc1)C(=O)OCC(=O)N1CCc2ccccc21. The molecule has 152 valence electrons. The fourth-order valence-corrected chi connectivity index (χ4v) is 3.22. The van der Waals surface area contributed by atoms with Gasteiger partial charge < -0.3 is 15.0 Å². The highest BCUT2D eigenvalue weighted by molar-refractivity contribution is 5.99. The predicted octanol–water partition coefficient (Wildman–Crippen LogP) is 2.71. The lowest BCUT2D eigenvalue weighted by molar-refractivity contribution is -0.150. The van der Waals surface area contributed by atoms with Gasteiger partial charge in [0, 0.05) is 17.8 Å². The number of hydrogen-bond acceptors (Lipinski definition) is 4. The number of fused-ring (bicyclic) bond motifs is 1. The van der Waals surface area contributed by atoms with Crippen LogP contribution in [0.2, 0.25) is 0 Å². The van der Waals surface area contributed by atoms with Gasteiger partial charge in [-0.3, -0.25) is 9.59 Å². The molecular formula is C22H23FN2O4. The van der Waals surface area contributed by atoms with Crippen molar-refractivity contribution in [1.82, 2.24) is 5.32 Å². The van der Waals surface area contributed by atoms with Crippen molar-refractivity contribution in [2.75, 3.05) is 18.1 Å². The van der Waals surface area contributed by atoms with Gasteiger partial charge in [0.2, 0.25) is 0 Å². The highest BCUT2D eigenvalue weighted by Gasteiger charge is 2.29. The number of ether oxygens (including phenoxy) is 1. The van der Waals surface area contributed by atoms with Gasteiger partial charge in [0.1, 0.15) is 11.9 Å². The average Bonchev–Trinajstić information content (AvgIpc) is 3.14. The Kier molecular flexibility index (Phi) is 6.26. The van der Waals surface area contributed by atoms with Crippen LogP contribution in [0.4, 0.5) is 10.1 Å². The number of carbonyl (C=O) groups is 3. The molecule has 29 heavy (non-hydrogen) atoms. The first kappa shape index (κ1) is 20.5. The summed E-state index contributed by atoms with van der Waals surface area (Å²) in [5, 5.41) is 2.60. The largest absolute Gasteiger partial charge is 0.454 e. The quantitative estimate of drug-likeness (QED) is 0.760. The molecule has 1 atom stereocenters. The van der Waals surface area contributed by atoms with Crippen molar-refractivity contribution in [1.29, 1.82) is 0 Å². The normalized spacial score (nSPS) is 13.7. The third kappa shape index (κ3) is 4.80. The van der Waals surface area contributed by atoms with E-state index < -0.39 is 30.3 Å². The number of rotatable bonds is 6. The second-order valence-corrected chi connectivity index (χ2v) is 7.23. The first-order valence-corrected chi connectivity index (χ1v) is 9.48. The van der Waals surface area contributed by atoms with E-state index in [1.807, 2.05) is 24.3 Å². The van der Waals surface area contributed by atoms with Crippen molar-refractivity contribution in [2.24, 2.45) is 5.92 Å². The fraction of sp³-hybridized carbons (Fsp3) is 0.318. The second-order valence-electron chi connectivity index (χ2n) is 7.23. The summed E-state index contributed by atoms with van der Waals surface area (Å²) < 4.78 is 18.2. The Bertz CT molecular complexity index is 911. The summed E-state index contributed by atoms with van der Waals surface area (Å²) in [6.45, 7) is 3.66. The number of nitrogens with one attached hydrogen (secondary N) is 1. The Morgan fingerprint density at radius 2 is 1.79 bits per heavy atom. The van der Waals surface area contributed by atoms with E-state index in [1.165, 1.54) is 24.3 Å². The summed E-state index contributed by atoms with van der Waals surface area (Å²) >= 11 is 0. The lowest BCUT2D eigenvalue weighted by Gasteiger charge is -2.22. The number of carbonyl (C=O) groups excluding carboxylic acids is 3. The van der Waals surface area contributed by atoms with Gasteiger partial charge in [-0.15, -0.1) is 0 Å². The summed E-state index contributed by atoms with van der Waals surface area (Å²) in [6.07, 6.45) is 0.762. The van der Waals surface area contributed by atoms with Crippen molar-refractivity contribution in [3.63, 3.8) is 0 Å². The number of anilines is 1. The van der Waals surface area contributed by atoms with Gasteiger partial charge in [0.05, 0.1) is 0 Å². The molecule has 0 fully saturated rings. The number of para-hydroxylation sites is 1. The summed E-state index contributed by atoms with van der Waals surface area (Å²) in [6, 6.07) is 11.7. The van der Waals surface area contributed by atoms with Crippen LogP contribution in [-0.4, -0.2) is 37.0 Å². The molecule has 2 amide bonds. The summed E-state index contributed by atoms with van der Waals surface area (Å²) in [4.78, 5) is 39.0. The highest BCUT2D eigenvalue weighted by Crippen LogP contribution is 2.27. The summed E-state index contributed by atoms with van der Waals surface area (Å²) in [5.74, 6) is -2.22. The van der Waals surface area contributed by atoms with E-state index in [-0.39, 0.29) is 17.4 Å². The molecule has 0 saturated heterocycles. The molecule has 3 rings (SSSR count). The summed E-state index contributed by atoms with van der Waals surface area (Å²) in [7, 11) is 0. The van der Waals surface area contributed by atoms with Crippen molar-refractivity contribution >= 4 is 23.5 Å². The third-order valence-corrected chi connectivity index (χ3v) is 4.84. The minimum Gasteiger partial charge on any atom is -0.454 e. The smallest absolute Gasteiger partial charge is 0.329 e. The van der Waals surface area contributed by atoms with Crippen LogP contribution in [0.15, 0.2) is 48.5 Å². The van der Waals surface area contributed by atoms with Gasteiger partial charge in [0.25, 0.3) is 11.8 Å². The maximum Gasteiger partial charge on any atom is 0.329 e. The zero-order valence-electron chi connectivity index (χ0n) is 16.4. The van der Waals surface area contributed by atoms with Gasteiger partial charge in [-0.2, -0.15) is 0 Å². The van der Waals surface area contributed by atoms with E-state index in [2.05, 4.69) is 5.32 Å². The minimum absolute atomic E-state index is 0.231. The number of amides is 2. The minimum atomic E-state index is -0.925. The van der Waals surface area contributed by atoms with Crippen LogP contribution < -0.4 is 10.2 Å². The molecule has 0 saturated carbocycles. The van der Waals surface area contributed by atoms with Crippen molar-refractivity contribution in [3.8, 4) is 0 Å². The van der Waals surface area contributed by atoms with E-state index in [1.54, 1.807) is 18.7 Å². The summed E-state index contributed by atoms with van der Waals surface area (Å²) in [5.41, 5.74) is 2.15. The molecule has 0 spiro atoms. The standard InChI is InChI=1S/C22H23FN2O4/c1-14(2)20(24-21(27)16-7-9-17(23)10-8-16)22(28)29-13-19(26)25-12-11-15-5-3-4-6-18(15)25/h3-10,14,20H,11-13H2,1-2H3,(H,24,27)/t20-/m1/s1. The zero-order chi connectivity index (χ0) is 21.0. The molecule has 0 aliphatic carbocycles. The topological polar surface area (TPSA) is 75.7 Å². The Hall–Kier alpha value is -3.22. The van der Waals surface area contributed by atoms with Gasteiger partial charge in [-0.25, -0.2) is 9.18 Å². The Balaban J connectivity index is 1.59. The first-order valence-electron chi connectivity index (χ1n) is 9.48. The lowest BCUT2D eigenvalue weighted by atomic mass is 10.0. The van der Waals surface area contributed by atoms with Gasteiger partial charge in [0.15, 0.2) is 6.61 Å². The molecule has 2 aromatic rings. The molecule has 7 heteroatoms. The van der Waals surface area contributed by atoms with Crippen molar-refractivity contribution < 1.29 is 23.5 Å². The van der Waals surface area contributed by atoms with Crippen LogP contribution in [0.1, 0.15) is 29.8 Å². The van der Waals surface area contributed by atoms with E-state index in [9.17, 15) is 18.8 Å². The maximum atomic E-state index is 13.0. The van der Waals surface area contributed by atoms with Crippen LogP contribution in [0.5, 0.6) is 0 Å². The van der Waals surface area contributed by atoms with Gasteiger partial charge in [-0.1, -0.05) is 32.0 Å². The number of esters is 1. The first-order chi connectivity index (χ1) is 13.9. The number of nitrogens with zero attached hydrogens (tertiary/aromatic N) is 1. The molecule has 0 bridgehead atoms. The monoisotopic (exact) mass is 398 g/mol. The molecule has 0 aromatic heterocycles. The maximum absolute atomic E-state index is 13.0. The fourth-order valence-electron chi connectivity index (χ4n) is 3.22. The van der Waals surface area contributed by atoms with E-state index in [4.69, 9.17) is 4.74 Å². The molecule has 2 aromatic carbocycles. The Labute approximate surface area is 168 Å². The number of benzene rings is 2. The Morgan fingerprint density at radius 3 is 2.48 bits per heavy atom. The second kappa shape index (κ2) is 8.86. The van der Waals surface area contributed by atoms with Crippen molar-refractivity contribution in [2.45, 2.75) is 26.3 Å². The molecule has 0 radical (unpaired) electrons. The molecular weight excluding hydrogens is 375 g/mol. The third-order valence-electron chi connectivity index (χ3n) is 4.84. The number of hydrogen-bond donors (Lipinski definition) is 1. The van der Waals surface area contributed by atoms with E-state index in [0.29, 0.717) is 6.54 Å². The lowest BCUT2D eigenvalue weighted by Crippen LogP contribution is -2.46. The molecule has 6 nitrogen and oxygen atoms in total. The van der Waals surface area contributed by atoms with Crippen LogP contribution in [-0.2, 0) is 20.7 Å². The molecule has 1 N–H and O–H groups in total. The van der Waals surface area contributed by atoms with Gasteiger partial charge in [-0.05, 0) is 48.2 Å². The van der Waals surface area contributed by atoms with Gasteiger partial charge >= 0.3 is 5.97 Å². The van der Waals surface area contributed by atoms with Crippen LogP contribution in [0.25, 0.3) is 0 Å². The molecule has 1 heterocycles. The van der Waals surface area contributed by atoms with Crippen LogP contribution in [0, 0.1) is 11.7 Å². The molecule has 1 aliphatic rings. The molecule has 1 aliphatic heterocycles. The molecule has 0 unspecified atom stereocenters. The number of halogens is 1. The van der Waals surface area contributed by atoms with Crippen molar-refractivity contribution in [3.05, 3.63) is 65.5 Å². The van der Waals surface area contributed by atoms with Crippen LogP contribution >= 0.6 is 0 Å². The highest BCUT2D eigenvalue weighted by atomic mass is 19.1. The van der Waals surface area contributed by atoms with Crippen LogP contribution in [0.3, 0.4) is 0 Å². The zero-order valence-corrected chi connectivity index (χ0v) is 16.4. The average molecular weight is 398 g/mol. The predicted molar refractivity (Wildman–Crippen MR) is 106 cm³/mol. The van der Waals surface area contributed by atoms with E-state index in [0.717, 1.165) is 17.7 Å². The van der Waals surface area contributed by atoms with E-state index >= 15 is 0 Å².